The molecule has 0 amide bonds. The SMILES string of the molecule is CC(C)Oc1ccccc1-c1ccc(C=O)c(=O)n1C(C)C. The zero-order valence-corrected chi connectivity index (χ0v) is 13.4. The summed E-state index contributed by atoms with van der Waals surface area (Å²) in [5.41, 5.74) is 1.49. The fourth-order valence-electron chi connectivity index (χ4n) is 2.43. The Kier molecular flexibility index (Phi) is 4.81. The van der Waals surface area contributed by atoms with Gasteiger partial charge in [0.25, 0.3) is 5.56 Å². The first kappa shape index (κ1) is 16.0. The standard InChI is InChI=1S/C18H21NO3/c1-12(2)19-16(10-9-14(11-20)18(19)21)15-7-5-6-8-17(15)22-13(3)4/h5-13H,1-4H3. The Labute approximate surface area is 130 Å². The maximum Gasteiger partial charge on any atom is 0.261 e. The lowest BCUT2D eigenvalue weighted by atomic mass is 10.1. The van der Waals surface area contributed by atoms with Crippen LogP contribution in [0.25, 0.3) is 11.3 Å². The molecule has 0 aliphatic rings. The highest BCUT2D eigenvalue weighted by Crippen LogP contribution is 2.31. The first-order chi connectivity index (χ1) is 10.5. The van der Waals surface area contributed by atoms with Crippen LogP contribution >= 0.6 is 0 Å². The van der Waals surface area contributed by atoms with Crippen molar-refractivity contribution in [1.82, 2.24) is 4.57 Å². The fraction of sp³-hybridized carbons (Fsp3) is 0.333. The van der Waals surface area contributed by atoms with Gasteiger partial charge in [-0.3, -0.25) is 9.59 Å². The molecule has 1 heterocycles. The van der Waals surface area contributed by atoms with E-state index in [1.54, 1.807) is 16.7 Å². The molecule has 0 fully saturated rings. The van der Waals surface area contributed by atoms with Gasteiger partial charge in [0.1, 0.15) is 5.75 Å². The van der Waals surface area contributed by atoms with Gasteiger partial charge in [0, 0.05) is 11.6 Å². The summed E-state index contributed by atoms with van der Waals surface area (Å²) in [6.07, 6.45) is 0.635. The molecule has 1 aromatic carbocycles. The number of benzene rings is 1. The van der Waals surface area contributed by atoms with Gasteiger partial charge in [-0.25, -0.2) is 0 Å². The molecule has 1 aromatic heterocycles. The predicted octanol–water partition coefficient (Wildman–Crippen LogP) is 3.70. The Balaban J connectivity index is 2.71. The summed E-state index contributed by atoms with van der Waals surface area (Å²) in [4.78, 5) is 23.5. The van der Waals surface area contributed by atoms with E-state index in [1.165, 1.54) is 0 Å². The maximum absolute atomic E-state index is 12.5. The average Bonchev–Trinajstić information content (AvgIpc) is 2.46. The largest absolute Gasteiger partial charge is 0.490 e. The smallest absolute Gasteiger partial charge is 0.261 e. The van der Waals surface area contributed by atoms with Crippen molar-refractivity contribution in [1.29, 1.82) is 0 Å². The zero-order valence-electron chi connectivity index (χ0n) is 13.4. The van der Waals surface area contributed by atoms with Crippen LogP contribution in [0.5, 0.6) is 5.75 Å². The summed E-state index contributed by atoms with van der Waals surface area (Å²) in [5.74, 6) is 0.727. The third-order valence-electron chi connectivity index (χ3n) is 3.32. The van der Waals surface area contributed by atoms with E-state index in [1.807, 2.05) is 52.0 Å². The predicted molar refractivity (Wildman–Crippen MR) is 87.7 cm³/mol. The number of pyridine rings is 1. The van der Waals surface area contributed by atoms with Crippen LogP contribution < -0.4 is 10.3 Å². The van der Waals surface area contributed by atoms with E-state index in [4.69, 9.17) is 4.74 Å². The number of rotatable bonds is 5. The van der Waals surface area contributed by atoms with E-state index in [2.05, 4.69) is 0 Å². The number of carbonyl (C=O) groups is 1. The number of carbonyl (C=O) groups excluding carboxylic acids is 1. The highest BCUT2D eigenvalue weighted by Gasteiger charge is 2.16. The molecule has 0 bridgehead atoms. The minimum absolute atomic E-state index is 0.0367. The van der Waals surface area contributed by atoms with Crippen molar-refractivity contribution in [2.75, 3.05) is 0 Å². The molecule has 0 N–H and O–H groups in total. The Morgan fingerprint density at radius 1 is 1.05 bits per heavy atom. The molecule has 0 unspecified atom stereocenters. The summed E-state index contributed by atoms with van der Waals surface area (Å²) in [6.45, 7) is 7.76. The molecule has 0 aliphatic carbocycles. The summed E-state index contributed by atoms with van der Waals surface area (Å²) in [6, 6.07) is 10.9. The van der Waals surface area contributed by atoms with Gasteiger partial charge in [-0.1, -0.05) is 12.1 Å². The quantitative estimate of drug-likeness (QED) is 0.791. The number of aldehydes is 1. The van der Waals surface area contributed by atoms with Crippen molar-refractivity contribution < 1.29 is 9.53 Å². The van der Waals surface area contributed by atoms with Crippen LogP contribution in [0.4, 0.5) is 0 Å². The number of hydrogen-bond donors (Lipinski definition) is 0. The molecule has 0 saturated heterocycles. The molecule has 0 radical (unpaired) electrons. The number of para-hydroxylation sites is 1. The van der Waals surface area contributed by atoms with E-state index in [0.29, 0.717) is 6.29 Å². The lowest BCUT2D eigenvalue weighted by Crippen LogP contribution is -2.26. The van der Waals surface area contributed by atoms with Crippen molar-refractivity contribution >= 4 is 6.29 Å². The summed E-state index contributed by atoms with van der Waals surface area (Å²) >= 11 is 0. The van der Waals surface area contributed by atoms with E-state index in [0.717, 1.165) is 17.0 Å². The first-order valence-electron chi connectivity index (χ1n) is 7.42. The fourth-order valence-corrected chi connectivity index (χ4v) is 2.43. The molecule has 116 valence electrons. The molecular formula is C18H21NO3. The molecular weight excluding hydrogens is 278 g/mol. The highest BCUT2D eigenvalue weighted by molar-refractivity contribution is 5.76. The van der Waals surface area contributed by atoms with Gasteiger partial charge >= 0.3 is 0 Å². The van der Waals surface area contributed by atoms with Gasteiger partial charge in [0.15, 0.2) is 6.29 Å². The van der Waals surface area contributed by atoms with Gasteiger partial charge in [0.05, 0.1) is 17.4 Å². The molecule has 0 saturated carbocycles. The Morgan fingerprint density at radius 3 is 2.32 bits per heavy atom. The second-order valence-electron chi connectivity index (χ2n) is 5.72. The van der Waals surface area contributed by atoms with E-state index in [-0.39, 0.29) is 23.3 Å². The van der Waals surface area contributed by atoms with Gasteiger partial charge in [-0.15, -0.1) is 0 Å². The van der Waals surface area contributed by atoms with Crippen LogP contribution in [0.15, 0.2) is 41.2 Å². The topological polar surface area (TPSA) is 48.3 Å². The normalized spacial score (nSPS) is 11.0. The molecule has 4 nitrogen and oxygen atoms in total. The monoisotopic (exact) mass is 299 g/mol. The van der Waals surface area contributed by atoms with Crippen molar-refractivity contribution in [2.45, 2.75) is 39.8 Å². The van der Waals surface area contributed by atoms with Crippen LogP contribution in [-0.4, -0.2) is 17.0 Å². The lowest BCUT2D eigenvalue weighted by molar-refractivity contribution is 0.112. The van der Waals surface area contributed by atoms with Crippen molar-refractivity contribution in [3.63, 3.8) is 0 Å². The van der Waals surface area contributed by atoms with Crippen LogP contribution in [0, 0.1) is 0 Å². The van der Waals surface area contributed by atoms with Gasteiger partial charge in [0.2, 0.25) is 0 Å². The third kappa shape index (κ3) is 3.11. The van der Waals surface area contributed by atoms with Crippen molar-refractivity contribution in [2.24, 2.45) is 0 Å². The molecule has 0 spiro atoms. The average molecular weight is 299 g/mol. The molecule has 2 rings (SSSR count). The highest BCUT2D eigenvalue weighted by atomic mass is 16.5. The zero-order chi connectivity index (χ0) is 16.3. The van der Waals surface area contributed by atoms with Crippen molar-refractivity contribution in [3.05, 3.63) is 52.3 Å². The second kappa shape index (κ2) is 6.60. The molecule has 4 heteroatoms. The Morgan fingerprint density at radius 2 is 1.73 bits per heavy atom. The van der Waals surface area contributed by atoms with Gasteiger partial charge in [-0.2, -0.15) is 0 Å². The van der Waals surface area contributed by atoms with Crippen LogP contribution in [0.2, 0.25) is 0 Å². The third-order valence-corrected chi connectivity index (χ3v) is 3.32. The van der Waals surface area contributed by atoms with Crippen LogP contribution in [-0.2, 0) is 0 Å². The van der Waals surface area contributed by atoms with E-state index in [9.17, 15) is 9.59 Å². The van der Waals surface area contributed by atoms with Gasteiger partial charge in [-0.05, 0) is 52.0 Å². The van der Waals surface area contributed by atoms with Crippen LogP contribution in [0.3, 0.4) is 0 Å². The van der Waals surface area contributed by atoms with Crippen molar-refractivity contribution in [3.8, 4) is 17.0 Å². The molecule has 0 aliphatic heterocycles. The number of hydrogen-bond acceptors (Lipinski definition) is 3. The summed E-state index contributed by atoms with van der Waals surface area (Å²) in [7, 11) is 0. The number of aromatic nitrogens is 1. The summed E-state index contributed by atoms with van der Waals surface area (Å²) in [5, 5.41) is 0. The molecule has 22 heavy (non-hydrogen) atoms. The van der Waals surface area contributed by atoms with Gasteiger partial charge < -0.3 is 9.30 Å². The Bertz CT molecular complexity index is 729. The van der Waals surface area contributed by atoms with Crippen LogP contribution in [0.1, 0.15) is 44.1 Å². The Hall–Kier alpha value is -2.36. The molecule has 0 atom stereocenters. The first-order valence-corrected chi connectivity index (χ1v) is 7.42. The van der Waals surface area contributed by atoms with E-state index < -0.39 is 0 Å². The number of nitrogens with zero attached hydrogens (tertiary/aromatic N) is 1. The molecule has 2 aromatic rings. The van der Waals surface area contributed by atoms with E-state index >= 15 is 0 Å². The minimum atomic E-state index is -0.276. The number of ether oxygens (including phenoxy) is 1. The minimum Gasteiger partial charge on any atom is -0.490 e. The lowest BCUT2D eigenvalue weighted by Gasteiger charge is -2.20. The second-order valence-corrected chi connectivity index (χ2v) is 5.72. The summed E-state index contributed by atoms with van der Waals surface area (Å²) < 4.78 is 7.48. The maximum atomic E-state index is 12.5.